The highest BCUT2D eigenvalue weighted by molar-refractivity contribution is 7.99. The van der Waals surface area contributed by atoms with E-state index in [2.05, 4.69) is 12.2 Å². The van der Waals surface area contributed by atoms with E-state index in [1.165, 1.54) is 0 Å². The van der Waals surface area contributed by atoms with Crippen molar-refractivity contribution in [1.29, 1.82) is 0 Å². The van der Waals surface area contributed by atoms with Crippen LogP contribution >= 0.6 is 11.8 Å². The van der Waals surface area contributed by atoms with Gasteiger partial charge in [0.2, 0.25) is 5.91 Å². The first-order valence-electron chi connectivity index (χ1n) is 6.26. The van der Waals surface area contributed by atoms with Crippen LogP contribution in [0.5, 0.6) is 0 Å². The molecule has 17 heavy (non-hydrogen) atoms. The second-order valence-corrected chi connectivity index (χ2v) is 6.46. The molecule has 0 spiro atoms. The van der Waals surface area contributed by atoms with Gasteiger partial charge in [0.1, 0.15) is 0 Å². The third kappa shape index (κ3) is 3.15. The normalized spacial score (nSPS) is 35.6. The van der Waals surface area contributed by atoms with E-state index < -0.39 is 11.9 Å². The molecule has 2 fully saturated rings. The van der Waals surface area contributed by atoms with Crippen molar-refractivity contribution < 1.29 is 14.7 Å². The molecule has 4 atom stereocenters. The summed E-state index contributed by atoms with van der Waals surface area (Å²) in [6.07, 6.45) is 3.75. The number of amides is 1. The number of aliphatic carboxylic acids is 1. The molecule has 4 nitrogen and oxygen atoms in total. The van der Waals surface area contributed by atoms with Crippen molar-refractivity contribution in [3.63, 3.8) is 0 Å². The van der Waals surface area contributed by atoms with E-state index in [4.69, 9.17) is 5.11 Å². The number of hydrogen-bond donors (Lipinski definition) is 2. The van der Waals surface area contributed by atoms with Crippen LogP contribution in [0.1, 0.15) is 32.6 Å². The molecule has 2 unspecified atom stereocenters. The molecule has 0 aromatic carbocycles. The zero-order valence-corrected chi connectivity index (χ0v) is 10.8. The lowest BCUT2D eigenvalue weighted by atomic mass is 10.2. The topological polar surface area (TPSA) is 66.4 Å². The number of hydrogen-bond acceptors (Lipinski definition) is 3. The fourth-order valence-electron chi connectivity index (χ4n) is 2.52. The average Bonchev–Trinajstić information content (AvgIpc) is 2.97. The van der Waals surface area contributed by atoms with E-state index in [-0.39, 0.29) is 17.9 Å². The van der Waals surface area contributed by atoms with Crippen molar-refractivity contribution in [3.8, 4) is 0 Å². The molecule has 0 aliphatic heterocycles. The van der Waals surface area contributed by atoms with E-state index >= 15 is 0 Å². The minimum Gasteiger partial charge on any atom is -0.481 e. The van der Waals surface area contributed by atoms with Crippen LogP contribution < -0.4 is 5.32 Å². The summed E-state index contributed by atoms with van der Waals surface area (Å²) in [6, 6.07) is 0.265. The molecule has 2 saturated carbocycles. The van der Waals surface area contributed by atoms with E-state index in [0.717, 1.165) is 25.0 Å². The fraction of sp³-hybridized carbons (Fsp3) is 0.833. The van der Waals surface area contributed by atoms with Gasteiger partial charge in [-0.1, -0.05) is 6.92 Å². The summed E-state index contributed by atoms with van der Waals surface area (Å²) in [4.78, 5) is 22.4. The zero-order chi connectivity index (χ0) is 12.4. The molecule has 96 valence electrons. The van der Waals surface area contributed by atoms with Gasteiger partial charge < -0.3 is 10.4 Å². The Kier molecular flexibility index (Phi) is 3.97. The van der Waals surface area contributed by atoms with E-state index in [1.54, 1.807) is 0 Å². The third-order valence-corrected chi connectivity index (χ3v) is 4.81. The fourth-order valence-corrected chi connectivity index (χ4v) is 3.67. The summed E-state index contributed by atoms with van der Waals surface area (Å²) >= 11 is 1.95. The minimum absolute atomic E-state index is 0.0513. The van der Waals surface area contributed by atoms with Gasteiger partial charge in [0.05, 0.1) is 11.8 Å². The maximum absolute atomic E-state index is 11.8. The van der Waals surface area contributed by atoms with Gasteiger partial charge >= 0.3 is 5.97 Å². The van der Waals surface area contributed by atoms with Crippen LogP contribution in [0.4, 0.5) is 0 Å². The minimum atomic E-state index is -0.837. The molecule has 0 aromatic heterocycles. The summed E-state index contributed by atoms with van der Waals surface area (Å²) in [5.74, 6) is -0.474. The first-order chi connectivity index (χ1) is 8.11. The van der Waals surface area contributed by atoms with Crippen molar-refractivity contribution in [2.75, 3.05) is 5.75 Å². The van der Waals surface area contributed by atoms with Gasteiger partial charge in [-0.15, -0.1) is 0 Å². The number of rotatable bonds is 5. The summed E-state index contributed by atoms with van der Waals surface area (Å²) in [6.45, 7) is 2.15. The van der Waals surface area contributed by atoms with Crippen molar-refractivity contribution in [2.45, 2.75) is 43.9 Å². The Balaban J connectivity index is 1.72. The Bertz CT molecular complexity index is 321. The molecule has 0 aromatic rings. The molecule has 2 aliphatic rings. The van der Waals surface area contributed by atoms with E-state index in [0.29, 0.717) is 11.7 Å². The summed E-state index contributed by atoms with van der Waals surface area (Å²) < 4.78 is 0. The number of carboxylic acid groups (broad SMARTS) is 1. The molecule has 0 bridgehead atoms. The summed E-state index contributed by atoms with van der Waals surface area (Å²) in [5, 5.41) is 12.4. The first-order valence-corrected chi connectivity index (χ1v) is 7.31. The number of carboxylic acids is 1. The molecule has 2 N–H and O–H groups in total. The Labute approximate surface area is 106 Å². The Morgan fingerprint density at radius 1 is 1.29 bits per heavy atom. The average molecular weight is 257 g/mol. The molecular formula is C12H19NO3S. The summed E-state index contributed by atoms with van der Waals surface area (Å²) in [5.41, 5.74) is 0. The number of thioether (sulfide) groups is 1. The zero-order valence-electron chi connectivity index (χ0n) is 10.0. The second kappa shape index (κ2) is 5.29. The van der Waals surface area contributed by atoms with Crippen LogP contribution in [0.3, 0.4) is 0 Å². The molecule has 2 rings (SSSR count). The van der Waals surface area contributed by atoms with Gasteiger partial charge in [-0.25, -0.2) is 0 Å². The lowest BCUT2D eigenvalue weighted by Crippen LogP contribution is -2.35. The van der Waals surface area contributed by atoms with Crippen LogP contribution in [-0.4, -0.2) is 34.0 Å². The van der Waals surface area contributed by atoms with Crippen LogP contribution in [0.15, 0.2) is 0 Å². The molecule has 1 amide bonds. The van der Waals surface area contributed by atoms with Crippen LogP contribution in [0.25, 0.3) is 0 Å². The van der Waals surface area contributed by atoms with Crippen molar-refractivity contribution in [3.05, 3.63) is 0 Å². The van der Waals surface area contributed by atoms with Gasteiger partial charge in [-0.3, -0.25) is 9.59 Å². The Morgan fingerprint density at radius 2 is 2.06 bits per heavy atom. The molecule has 5 heteroatoms. The van der Waals surface area contributed by atoms with E-state index in [9.17, 15) is 9.59 Å². The quantitative estimate of drug-likeness (QED) is 0.783. The predicted octanol–water partition coefficient (Wildman–Crippen LogP) is 1.50. The second-order valence-electron chi connectivity index (χ2n) is 4.88. The Morgan fingerprint density at radius 3 is 2.65 bits per heavy atom. The maximum atomic E-state index is 11.8. The largest absolute Gasteiger partial charge is 0.481 e. The van der Waals surface area contributed by atoms with Crippen LogP contribution in [0, 0.1) is 11.8 Å². The summed E-state index contributed by atoms with van der Waals surface area (Å²) in [7, 11) is 0. The van der Waals surface area contributed by atoms with Gasteiger partial charge in [0.15, 0.2) is 0 Å². The highest BCUT2D eigenvalue weighted by Crippen LogP contribution is 2.39. The lowest BCUT2D eigenvalue weighted by Gasteiger charge is -2.12. The smallest absolute Gasteiger partial charge is 0.307 e. The highest BCUT2D eigenvalue weighted by Gasteiger charge is 2.48. The van der Waals surface area contributed by atoms with Crippen molar-refractivity contribution in [1.82, 2.24) is 5.32 Å². The molecule has 0 radical (unpaired) electrons. The SMILES string of the molecule is CCSC1CCC(NC(=O)[C@@H]2C[C@@H]2C(=O)O)C1. The van der Waals surface area contributed by atoms with Gasteiger partial charge in [0, 0.05) is 11.3 Å². The van der Waals surface area contributed by atoms with Crippen molar-refractivity contribution >= 4 is 23.6 Å². The van der Waals surface area contributed by atoms with Crippen molar-refractivity contribution in [2.24, 2.45) is 11.8 Å². The molecule has 0 saturated heterocycles. The third-order valence-electron chi connectivity index (χ3n) is 3.58. The first kappa shape index (κ1) is 12.7. The number of nitrogens with one attached hydrogen (secondary N) is 1. The molecular weight excluding hydrogens is 238 g/mol. The van der Waals surface area contributed by atoms with Crippen LogP contribution in [-0.2, 0) is 9.59 Å². The monoisotopic (exact) mass is 257 g/mol. The van der Waals surface area contributed by atoms with Gasteiger partial charge in [-0.2, -0.15) is 11.8 Å². The molecule has 2 aliphatic carbocycles. The van der Waals surface area contributed by atoms with Crippen LogP contribution in [0.2, 0.25) is 0 Å². The van der Waals surface area contributed by atoms with E-state index in [1.807, 2.05) is 11.8 Å². The van der Waals surface area contributed by atoms with Gasteiger partial charge in [0.25, 0.3) is 0 Å². The lowest BCUT2D eigenvalue weighted by molar-refractivity contribution is -0.140. The molecule has 0 heterocycles. The maximum Gasteiger partial charge on any atom is 0.307 e. The standard InChI is InChI=1S/C12H19NO3S/c1-2-17-8-4-3-7(5-8)13-11(14)9-6-10(9)12(15)16/h7-10H,2-6H2,1H3,(H,13,14)(H,15,16)/t7?,8?,9-,10+/m1/s1. The Hall–Kier alpha value is -0.710. The predicted molar refractivity (Wildman–Crippen MR) is 66.9 cm³/mol. The highest BCUT2D eigenvalue weighted by atomic mass is 32.2. The number of carbonyl (C=O) groups is 2. The number of carbonyl (C=O) groups excluding carboxylic acids is 1. The van der Waals surface area contributed by atoms with Gasteiger partial charge in [-0.05, 0) is 31.4 Å².